The summed E-state index contributed by atoms with van der Waals surface area (Å²) >= 11 is 0. The molecule has 3 heterocycles. The molecule has 2 fully saturated rings. The summed E-state index contributed by atoms with van der Waals surface area (Å²) in [5, 5.41) is 35.1. The predicted octanol–water partition coefficient (Wildman–Crippen LogP) is 3.19. The van der Waals surface area contributed by atoms with Gasteiger partial charge in [0.15, 0.2) is 11.7 Å². The Hall–Kier alpha value is -2.77. The zero-order chi connectivity index (χ0) is 34.9. The Balaban J connectivity index is 1.80. The Morgan fingerprint density at radius 2 is 1.94 bits per heavy atom. The molecular formula is C35H56N2O10. The Morgan fingerprint density at radius 1 is 1.26 bits per heavy atom. The first-order valence-corrected chi connectivity index (χ1v) is 16.9. The van der Waals surface area contributed by atoms with Gasteiger partial charge in [-0.05, 0) is 51.7 Å². The molecule has 3 aliphatic heterocycles. The Bertz CT molecular complexity index is 1160. The summed E-state index contributed by atoms with van der Waals surface area (Å²) in [5.41, 5.74) is -1.80. The molecule has 2 saturated heterocycles. The Morgan fingerprint density at radius 3 is 2.57 bits per heavy atom. The molecule has 0 aromatic heterocycles. The summed E-state index contributed by atoms with van der Waals surface area (Å²) < 4.78 is 23.3. The molecule has 0 aromatic rings. The molecule has 3 aliphatic rings. The molecule has 0 radical (unpaired) electrons. The van der Waals surface area contributed by atoms with Gasteiger partial charge < -0.3 is 44.5 Å². The number of nitrogens with one attached hydrogen (secondary N) is 1. The van der Waals surface area contributed by atoms with Crippen molar-refractivity contribution in [2.45, 2.75) is 128 Å². The lowest BCUT2D eigenvalue weighted by molar-refractivity contribution is -0.158. The molecule has 0 bridgehead atoms. The number of nitrogens with zero attached hydrogens (tertiary/aromatic N) is 1. The van der Waals surface area contributed by atoms with Crippen LogP contribution >= 0.6 is 0 Å². The van der Waals surface area contributed by atoms with Crippen molar-refractivity contribution in [2.24, 2.45) is 11.8 Å². The van der Waals surface area contributed by atoms with Gasteiger partial charge in [0, 0.05) is 51.4 Å². The zero-order valence-corrected chi connectivity index (χ0v) is 29.0. The lowest BCUT2D eigenvalue weighted by Crippen LogP contribution is -2.52. The fraction of sp³-hybridized carbons (Fsp3) is 0.743. The Kier molecular flexibility index (Phi) is 14.0. The van der Waals surface area contributed by atoms with Crippen molar-refractivity contribution in [3.8, 4) is 0 Å². The minimum Gasteiger partial charge on any atom is -0.457 e. The second kappa shape index (κ2) is 17.1. The van der Waals surface area contributed by atoms with Gasteiger partial charge in [0.2, 0.25) is 0 Å². The third-order valence-corrected chi connectivity index (χ3v) is 9.33. The zero-order valence-electron chi connectivity index (χ0n) is 29.0. The molecule has 0 aliphatic carbocycles. The number of allylic oxidation sites excluding steroid dienone is 2. The maximum absolute atomic E-state index is 13.2. The van der Waals surface area contributed by atoms with Crippen molar-refractivity contribution in [3.05, 3.63) is 36.0 Å². The molecule has 1 amide bonds. The van der Waals surface area contributed by atoms with Crippen LogP contribution in [0.2, 0.25) is 0 Å². The van der Waals surface area contributed by atoms with E-state index in [4.69, 9.17) is 18.9 Å². The molecule has 47 heavy (non-hydrogen) atoms. The fourth-order valence-electron chi connectivity index (χ4n) is 6.19. The molecule has 0 saturated carbocycles. The summed E-state index contributed by atoms with van der Waals surface area (Å²) in [7, 11) is 0. The summed E-state index contributed by atoms with van der Waals surface area (Å²) in [4.78, 5) is 39.9. The standard InChI is InChI=1S/C35H56N2O10/c1-8-27(40)24(4)32-28(45-32)21-34(6,43)14-9-10-22(2)31-23(3)11-12-29(44-25(5)38)35(7,15-13-26(39)20-30(41)46-31)47-33(42)37-18-16-36-17-19-37/h9-12,14,23-24,26-29,31-32,36,39-40,43H,8,13,15-21H2,1-7H3/b12-11?,14-9+,22-10+/t23?,24-,26?,27+,28-,29?,31?,32-,34?,35?/m1/s1. The van der Waals surface area contributed by atoms with Gasteiger partial charge in [0.05, 0.1) is 36.4 Å². The van der Waals surface area contributed by atoms with E-state index in [2.05, 4.69) is 5.32 Å². The molecule has 3 rings (SSSR count). The highest BCUT2D eigenvalue weighted by Gasteiger charge is 2.47. The highest BCUT2D eigenvalue weighted by molar-refractivity contribution is 5.71. The van der Waals surface area contributed by atoms with Crippen molar-refractivity contribution in [1.82, 2.24) is 10.2 Å². The average molecular weight is 665 g/mol. The lowest BCUT2D eigenvalue weighted by Gasteiger charge is -2.38. The van der Waals surface area contributed by atoms with Crippen LogP contribution in [0.5, 0.6) is 0 Å². The molecule has 6 unspecified atom stereocenters. The van der Waals surface area contributed by atoms with Crippen LogP contribution in [0.4, 0.5) is 4.79 Å². The van der Waals surface area contributed by atoms with Crippen LogP contribution < -0.4 is 5.32 Å². The van der Waals surface area contributed by atoms with E-state index in [0.717, 1.165) is 0 Å². The van der Waals surface area contributed by atoms with Gasteiger partial charge in [-0.1, -0.05) is 45.1 Å². The second-order valence-electron chi connectivity index (χ2n) is 13.8. The first-order chi connectivity index (χ1) is 22.0. The topological polar surface area (TPSA) is 167 Å². The van der Waals surface area contributed by atoms with Gasteiger partial charge in [-0.3, -0.25) is 9.59 Å². The number of amides is 1. The van der Waals surface area contributed by atoms with Gasteiger partial charge in [-0.25, -0.2) is 4.79 Å². The van der Waals surface area contributed by atoms with Crippen LogP contribution in [0.3, 0.4) is 0 Å². The number of hydrogen-bond acceptors (Lipinski definition) is 11. The number of carbonyl (C=O) groups excluding carboxylic acids is 3. The number of piperazine rings is 1. The number of aliphatic hydroxyl groups excluding tert-OH is 2. The molecule has 0 aromatic carbocycles. The van der Waals surface area contributed by atoms with Crippen LogP contribution in [0, 0.1) is 11.8 Å². The van der Waals surface area contributed by atoms with Crippen LogP contribution in [0.25, 0.3) is 0 Å². The smallest absolute Gasteiger partial charge is 0.410 e. The number of carbonyl (C=O) groups is 3. The average Bonchev–Trinajstić information content (AvgIpc) is 3.77. The highest BCUT2D eigenvalue weighted by atomic mass is 16.6. The number of rotatable bonds is 10. The van der Waals surface area contributed by atoms with Crippen molar-refractivity contribution >= 4 is 18.0 Å². The van der Waals surface area contributed by atoms with E-state index in [1.54, 1.807) is 56.1 Å². The summed E-state index contributed by atoms with van der Waals surface area (Å²) in [5.74, 6) is -1.56. The van der Waals surface area contributed by atoms with Gasteiger partial charge in [0.25, 0.3) is 0 Å². The van der Waals surface area contributed by atoms with Gasteiger partial charge in [-0.15, -0.1) is 0 Å². The Labute approximate surface area is 279 Å². The number of ether oxygens (including phenoxy) is 4. The number of cyclic esters (lactones) is 1. The fourth-order valence-corrected chi connectivity index (χ4v) is 6.19. The van der Waals surface area contributed by atoms with E-state index in [-0.39, 0.29) is 37.4 Å². The van der Waals surface area contributed by atoms with E-state index < -0.39 is 59.6 Å². The molecular weight excluding hydrogens is 608 g/mol. The van der Waals surface area contributed by atoms with Gasteiger partial charge in [0.1, 0.15) is 6.10 Å². The summed E-state index contributed by atoms with van der Waals surface area (Å²) in [6, 6.07) is 0. The molecule has 12 heteroatoms. The van der Waals surface area contributed by atoms with Crippen LogP contribution in [-0.2, 0) is 28.5 Å². The normalized spacial score (nSPS) is 33.5. The second-order valence-corrected chi connectivity index (χ2v) is 13.8. The first-order valence-electron chi connectivity index (χ1n) is 16.9. The number of aliphatic hydroxyl groups is 3. The number of epoxide rings is 1. The number of esters is 2. The summed E-state index contributed by atoms with van der Waals surface area (Å²) in [6.07, 6.45) is 5.52. The molecule has 10 atom stereocenters. The minimum atomic E-state index is -1.32. The highest BCUT2D eigenvalue weighted by Crippen LogP contribution is 2.37. The van der Waals surface area contributed by atoms with Crippen molar-refractivity contribution in [2.75, 3.05) is 26.2 Å². The van der Waals surface area contributed by atoms with E-state index in [1.807, 2.05) is 20.8 Å². The van der Waals surface area contributed by atoms with Crippen LogP contribution in [-0.4, -0.2) is 112 Å². The molecule has 266 valence electrons. The van der Waals surface area contributed by atoms with E-state index in [0.29, 0.717) is 44.6 Å². The number of hydrogen-bond donors (Lipinski definition) is 4. The lowest BCUT2D eigenvalue weighted by atomic mass is 9.88. The van der Waals surface area contributed by atoms with Crippen LogP contribution in [0.1, 0.15) is 80.6 Å². The van der Waals surface area contributed by atoms with E-state index in [1.165, 1.54) is 6.92 Å². The van der Waals surface area contributed by atoms with E-state index in [9.17, 15) is 29.7 Å². The van der Waals surface area contributed by atoms with Crippen molar-refractivity contribution in [3.63, 3.8) is 0 Å². The first kappa shape index (κ1) is 38.7. The minimum absolute atomic E-state index is 0.0201. The van der Waals surface area contributed by atoms with Crippen LogP contribution in [0.15, 0.2) is 36.0 Å². The molecule has 4 N–H and O–H groups in total. The van der Waals surface area contributed by atoms with E-state index >= 15 is 0 Å². The van der Waals surface area contributed by atoms with Crippen molar-refractivity contribution < 1.29 is 48.7 Å². The van der Waals surface area contributed by atoms with Gasteiger partial charge in [-0.2, -0.15) is 0 Å². The molecule has 0 spiro atoms. The predicted molar refractivity (Wildman–Crippen MR) is 175 cm³/mol. The SMILES string of the molecule is CC[C@H](O)[C@@H](C)[C@H]1O[C@@H]1CC(C)(O)/C=C/C=C(\C)C1OC(=O)CC(O)CCC(C)(OC(=O)N2CCNCC2)C(OC(C)=O)C=CC1C. The maximum atomic E-state index is 13.2. The largest absolute Gasteiger partial charge is 0.457 e. The molecule has 12 nitrogen and oxygen atoms in total. The van der Waals surface area contributed by atoms with Crippen molar-refractivity contribution in [1.29, 1.82) is 0 Å². The van der Waals surface area contributed by atoms with Gasteiger partial charge >= 0.3 is 18.0 Å². The third kappa shape index (κ3) is 11.7. The summed E-state index contributed by atoms with van der Waals surface area (Å²) in [6.45, 7) is 14.4. The quantitative estimate of drug-likeness (QED) is 0.0891. The monoisotopic (exact) mass is 664 g/mol. The third-order valence-electron chi connectivity index (χ3n) is 9.33. The maximum Gasteiger partial charge on any atom is 0.410 e.